The molecule has 0 bridgehead atoms. The van der Waals surface area contributed by atoms with Gasteiger partial charge in [-0.05, 0) is 153 Å². The smallest absolute Gasteiger partial charge is 0.0362 e. The third kappa shape index (κ3) is 4.23. The second-order valence-electron chi connectivity index (χ2n) is 16.0. The van der Waals surface area contributed by atoms with Gasteiger partial charge in [0.15, 0.2) is 0 Å². The molecule has 11 aromatic carbocycles. The molecule has 2 heteroatoms. The van der Waals surface area contributed by atoms with E-state index in [0.717, 1.165) is 0 Å². The van der Waals surface area contributed by atoms with E-state index >= 15 is 0 Å². The molecule has 58 heavy (non-hydrogen) atoms. The fourth-order valence-corrected chi connectivity index (χ4v) is 12.5. The molecule has 0 aliphatic heterocycles. The van der Waals surface area contributed by atoms with Crippen molar-refractivity contribution in [2.24, 2.45) is 0 Å². The summed E-state index contributed by atoms with van der Waals surface area (Å²) in [5, 5.41) is 18.5. The van der Waals surface area contributed by atoms with Crippen LogP contribution in [0.3, 0.4) is 0 Å². The molecule has 0 N–H and O–H groups in total. The molecular weight excluding hydrogens is 737 g/mol. The SMILES string of the molecule is c1cc2c3c(cccc3c1)-c1cc(-c3ccc4sc5ccc(-c6ccc7c(c6)c6ccccc6c6cc8sc9ccc%10ccccc%10c9c8cc76)cc5c4c3)ccc1-2. The van der Waals surface area contributed by atoms with E-state index < -0.39 is 0 Å². The van der Waals surface area contributed by atoms with E-state index in [-0.39, 0.29) is 0 Å². The maximum atomic E-state index is 2.48. The fourth-order valence-electron chi connectivity index (χ4n) is 10.3. The van der Waals surface area contributed by atoms with E-state index in [1.165, 1.54) is 139 Å². The van der Waals surface area contributed by atoms with Crippen LogP contribution in [0.5, 0.6) is 0 Å². The van der Waals surface area contributed by atoms with Crippen LogP contribution in [-0.4, -0.2) is 0 Å². The Labute approximate surface area is 341 Å². The van der Waals surface area contributed by atoms with Crippen molar-refractivity contribution in [3.63, 3.8) is 0 Å². The first-order valence-electron chi connectivity index (χ1n) is 20.0. The highest BCUT2D eigenvalue weighted by Crippen LogP contribution is 2.49. The van der Waals surface area contributed by atoms with Gasteiger partial charge in [0.25, 0.3) is 0 Å². The van der Waals surface area contributed by atoms with E-state index in [2.05, 4.69) is 182 Å². The molecule has 13 aromatic rings. The topological polar surface area (TPSA) is 0 Å². The molecule has 0 amide bonds. The van der Waals surface area contributed by atoms with Gasteiger partial charge in [-0.1, -0.05) is 127 Å². The van der Waals surface area contributed by atoms with Gasteiger partial charge in [0.05, 0.1) is 0 Å². The zero-order valence-electron chi connectivity index (χ0n) is 31.1. The van der Waals surface area contributed by atoms with Gasteiger partial charge in [0.2, 0.25) is 0 Å². The molecule has 1 aliphatic rings. The minimum Gasteiger partial charge on any atom is -0.135 e. The van der Waals surface area contributed by atoms with E-state index in [1.807, 2.05) is 22.7 Å². The molecular formula is C56H30S2. The number of hydrogen-bond donors (Lipinski definition) is 0. The quantitative estimate of drug-likeness (QED) is 0.154. The monoisotopic (exact) mass is 766 g/mol. The minimum atomic E-state index is 1.25. The first kappa shape index (κ1) is 31.3. The molecule has 0 nitrogen and oxygen atoms in total. The van der Waals surface area contributed by atoms with Crippen molar-refractivity contribution in [1.82, 2.24) is 0 Å². The average molecular weight is 767 g/mol. The second-order valence-corrected chi connectivity index (χ2v) is 18.1. The first-order chi connectivity index (χ1) is 28.7. The molecule has 266 valence electrons. The van der Waals surface area contributed by atoms with Gasteiger partial charge in [-0.2, -0.15) is 0 Å². The lowest BCUT2D eigenvalue weighted by molar-refractivity contribution is 1.65. The van der Waals surface area contributed by atoms with Gasteiger partial charge in [-0.15, -0.1) is 22.7 Å². The summed E-state index contributed by atoms with van der Waals surface area (Å²) < 4.78 is 5.34. The lowest BCUT2D eigenvalue weighted by atomic mass is 9.91. The molecule has 0 spiro atoms. The standard InChI is InChI=1S/C56H30S2/c1-2-10-37-31(7-1)17-24-53-56(37)50-29-46-41-21-16-33(25-44(41)38-11-3-4-12-39(38)47(46)30-54(50)58-53)35-18-22-51-48(27-35)49-28-36(19-23-52(49)57-51)34-15-20-40-42-13-5-8-32-9-6-14-43(55(32)42)45(40)26-34/h1-30H. The summed E-state index contributed by atoms with van der Waals surface area (Å²) in [5.74, 6) is 0. The van der Waals surface area contributed by atoms with Crippen LogP contribution in [0, 0.1) is 0 Å². The summed E-state index contributed by atoms with van der Waals surface area (Å²) in [4.78, 5) is 0. The predicted molar refractivity (Wildman–Crippen MR) is 255 cm³/mol. The van der Waals surface area contributed by atoms with Crippen molar-refractivity contribution in [2.45, 2.75) is 0 Å². The number of benzene rings is 11. The number of rotatable bonds is 2. The Bertz CT molecular complexity index is 3960. The molecule has 2 heterocycles. The van der Waals surface area contributed by atoms with Crippen LogP contribution in [0.1, 0.15) is 0 Å². The van der Waals surface area contributed by atoms with Crippen molar-refractivity contribution >= 4 is 117 Å². The van der Waals surface area contributed by atoms with Gasteiger partial charge in [0.1, 0.15) is 0 Å². The number of thiophene rings is 2. The largest absolute Gasteiger partial charge is 0.135 e. The van der Waals surface area contributed by atoms with Crippen LogP contribution in [0.2, 0.25) is 0 Å². The maximum Gasteiger partial charge on any atom is 0.0362 e. The van der Waals surface area contributed by atoms with E-state index in [9.17, 15) is 0 Å². The summed E-state index contributed by atoms with van der Waals surface area (Å²) >= 11 is 3.80. The zero-order valence-corrected chi connectivity index (χ0v) is 32.8. The summed E-state index contributed by atoms with van der Waals surface area (Å²) in [6, 6.07) is 69.0. The van der Waals surface area contributed by atoms with E-state index in [4.69, 9.17) is 0 Å². The number of hydrogen-bond acceptors (Lipinski definition) is 2. The Morgan fingerprint density at radius 2 is 0.759 bits per heavy atom. The summed E-state index contributed by atoms with van der Waals surface area (Å²) in [6.45, 7) is 0. The van der Waals surface area contributed by atoms with Crippen LogP contribution < -0.4 is 0 Å². The molecule has 0 saturated heterocycles. The fraction of sp³-hybridized carbons (Fsp3) is 0. The van der Waals surface area contributed by atoms with E-state index in [0.29, 0.717) is 0 Å². The lowest BCUT2D eigenvalue weighted by Crippen LogP contribution is -1.85. The Morgan fingerprint density at radius 3 is 1.52 bits per heavy atom. The van der Waals surface area contributed by atoms with Crippen molar-refractivity contribution < 1.29 is 0 Å². The molecule has 0 saturated carbocycles. The first-order valence-corrected chi connectivity index (χ1v) is 21.6. The van der Waals surface area contributed by atoms with Crippen LogP contribution in [0.15, 0.2) is 182 Å². The molecule has 0 unspecified atom stereocenters. The highest BCUT2D eigenvalue weighted by atomic mass is 32.1. The summed E-state index contributed by atoms with van der Waals surface area (Å²) in [7, 11) is 0. The maximum absolute atomic E-state index is 2.48. The van der Waals surface area contributed by atoms with Gasteiger partial charge in [-0.25, -0.2) is 0 Å². The van der Waals surface area contributed by atoms with Crippen molar-refractivity contribution in [2.75, 3.05) is 0 Å². The van der Waals surface area contributed by atoms with E-state index in [1.54, 1.807) is 0 Å². The number of fused-ring (bicyclic) bond motifs is 17. The third-order valence-electron chi connectivity index (χ3n) is 13.0. The molecule has 0 atom stereocenters. The van der Waals surface area contributed by atoms with Crippen molar-refractivity contribution in [3.8, 4) is 44.5 Å². The molecule has 0 radical (unpaired) electrons. The predicted octanol–water partition coefficient (Wildman–Crippen LogP) is 17.2. The Kier molecular flexibility index (Phi) is 6.14. The molecule has 0 fully saturated rings. The molecule has 1 aliphatic carbocycles. The van der Waals surface area contributed by atoms with Crippen molar-refractivity contribution in [1.29, 1.82) is 0 Å². The Hall–Kier alpha value is -6.84. The van der Waals surface area contributed by atoms with Gasteiger partial charge in [-0.3, -0.25) is 0 Å². The Balaban J connectivity index is 0.930. The van der Waals surface area contributed by atoms with Gasteiger partial charge in [0, 0.05) is 40.3 Å². The van der Waals surface area contributed by atoms with Crippen LogP contribution in [0.25, 0.3) is 139 Å². The third-order valence-corrected chi connectivity index (χ3v) is 15.2. The molecule has 2 aromatic heterocycles. The van der Waals surface area contributed by atoms with Crippen LogP contribution >= 0.6 is 22.7 Å². The normalized spacial score (nSPS) is 12.5. The lowest BCUT2D eigenvalue weighted by Gasteiger charge is -2.13. The van der Waals surface area contributed by atoms with Crippen LogP contribution in [-0.2, 0) is 0 Å². The highest BCUT2D eigenvalue weighted by Gasteiger charge is 2.22. The average Bonchev–Trinajstić information content (AvgIpc) is 3.95. The minimum absolute atomic E-state index is 1.25. The second kappa shape index (κ2) is 11.4. The summed E-state index contributed by atoms with van der Waals surface area (Å²) in [6.07, 6.45) is 0. The van der Waals surface area contributed by atoms with Crippen LogP contribution in [0.4, 0.5) is 0 Å². The summed E-state index contributed by atoms with van der Waals surface area (Å²) in [5.41, 5.74) is 10.4. The highest BCUT2D eigenvalue weighted by molar-refractivity contribution is 7.26. The van der Waals surface area contributed by atoms with Gasteiger partial charge >= 0.3 is 0 Å². The Morgan fingerprint density at radius 1 is 0.224 bits per heavy atom. The van der Waals surface area contributed by atoms with Crippen molar-refractivity contribution in [3.05, 3.63) is 182 Å². The zero-order chi connectivity index (χ0) is 37.6. The molecule has 14 rings (SSSR count). The van der Waals surface area contributed by atoms with Gasteiger partial charge < -0.3 is 0 Å².